The minimum absolute atomic E-state index is 0.0992. The Labute approximate surface area is 111 Å². The van der Waals surface area contributed by atoms with Crippen molar-refractivity contribution in [1.29, 1.82) is 0 Å². The second kappa shape index (κ2) is 6.08. The summed E-state index contributed by atoms with van der Waals surface area (Å²) in [6, 6.07) is 5.99. The summed E-state index contributed by atoms with van der Waals surface area (Å²) in [4.78, 5) is 22.1. The van der Waals surface area contributed by atoms with Gasteiger partial charge in [-0.1, -0.05) is 6.07 Å². The van der Waals surface area contributed by atoms with Gasteiger partial charge in [0, 0.05) is 0 Å². The number of carboxylic acid groups (broad SMARTS) is 1. The van der Waals surface area contributed by atoms with Gasteiger partial charge in [-0.25, -0.2) is 9.59 Å². The molecule has 6 heteroatoms. The largest absolute Gasteiger partial charge is 0.478 e. The highest BCUT2D eigenvalue weighted by molar-refractivity contribution is 5.88. The van der Waals surface area contributed by atoms with Gasteiger partial charge in [-0.2, -0.15) is 0 Å². The number of rotatable bonds is 4. The number of carbonyl (C=O) groups is 2. The number of benzene rings is 1. The van der Waals surface area contributed by atoms with E-state index < -0.39 is 17.7 Å². The maximum atomic E-state index is 11.3. The van der Waals surface area contributed by atoms with Crippen molar-refractivity contribution in [3.8, 4) is 5.75 Å². The van der Waals surface area contributed by atoms with Gasteiger partial charge in [0.25, 0.3) is 0 Å². The van der Waals surface area contributed by atoms with E-state index in [1.807, 2.05) is 0 Å². The maximum absolute atomic E-state index is 11.3. The summed E-state index contributed by atoms with van der Waals surface area (Å²) in [6.07, 6.45) is -0.595. The molecule has 0 aliphatic carbocycles. The number of carboxylic acids is 1. The fourth-order valence-corrected chi connectivity index (χ4v) is 1.21. The standard InChI is InChI=1S/C13H17NO5/c1-13(2,3)19-12(17)14-8-18-10-6-4-5-9(7-10)11(15)16/h4-7H,8H2,1-3H3,(H,14,17)(H,15,16). The topological polar surface area (TPSA) is 84.9 Å². The van der Waals surface area contributed by atoms with Crippen molar-refractivity contribution in [2.45, 2.75) is 26.4 Å². The van der Waals surface area contributed by atoms with Gasteiger partial charge in [0.15, 0.2) is 6.73 Å². The lowest BCUT2D eigenvalue weighted by molar-refractivity contribution is 0.0484. The van der Waals surface area contributed by atoms with Crippen LogP contribution in [0.2, 0.25) is 0 Å². The summed E-state index contributed by atoms with van der Waals surface area (Å²) in [7, 11) is 0. The molecule has 0 spiro atoms. The first-order chi connectivity index (χ1) is 8.78. The molecule has 0 unspecified atom stereocenters. The molecule has 0 aromatic heterocycles. The summed E-state index contributed by atoms with van der Waals surface area (Å²) >= 11 is 0. The maximum Gasteiger partial charge on any atom is 0.410 e. The fraction of sp³-hybridized carbons (Fsp3) is 0.385. The Morgan fingerprint density at radius 2 is 2.00 bits per heavy atom. The van der Waals surface area contributed by atoms with Crippen LogP contribution >= 0.6 is 0 Å². The smallest absolute Gasteiger partial charge is 0.410 e. The van der Waals surface area contributed by atoms with E-state index in [1.54, 1.807) is 32.9 Å². The molecule has 0 saturated heterocycles. The van der Waals surface area contributed by atoms with E-state index in [-0.39, 0.29) is 12.3 Å². The Morgan fingerprint density at radius 3 is 2.58 bits per heavy atom. The second-order valence-electron chi connectivity index (χ2n) is 4.80. The van der Waals surface area contributed by atoms with Gasteiger partial charge >= 0.3 is 12.1 Å². The zero-order chi connectivity index (χ0) is 14.5. The third kappa shape index (κ3) is 5.76. The minimum atomic E-state index is -1.04. The van der Waals surface area contributed by atoms with Gasteiger partial charge in [0.2, 0.25) is 0 Å². The molecule has 0 radical (unpaired) electrons. The normalized spacial score (nSPS) is 10.7. The molecule has 1 aromatic rings. The van der Waals surface area contributed by atoms with Gasteiger partial charge in [-0.3, -0.25) is 5.32 Å². The molecule has 1 amide bonds. The van der Waals surface area contributed by atoms with Gasteiger partial charge in [0.05, 0.1) is 5.56 Å². The summed E-state index contributed by atoms with van der Waals surface area (Å²) in [5, 5.41) is 11.2. The number of alkyl carbamates (subject to hydrolysis) is 1. The van der Waals surface area contributed by atoms with Gasteiger partial charge in [0.1, 0.15) is 11.4 Å². The Bertz CT molecular complexity index is 464. The predicted octanol–water partition coefficient (Wildman–Crippen LogP) is 2.25. The van der Waals surface area contributed by atoms with Crippen LogP contribution in [0.5, 0.6) is 5.75 Å². The van der Waals surface area contributed by atoms with Crippen molar-refractivity contribution >= 4 is 12.1 Å². The molecular weight excluding hydrogens is 250 g/mol. The molecule has 0 saturated carbocycles. The molecule has 1 aromatic carbocycles. The van der Waals surface area contributed by atoms with Gasteiger partial charge in [-0.05, 0) is 39.0 Å². The third-order valence-corrected chi connectivity index (χ3v) is 1.94. The van der Waals surface area contributed by atoms with Crippen LogP contribution in [0.15, 0.2) is 24.3 Å². The Morgan fingerprint density at radius 1 is 1.32 bits per heavy atom. The molecule has 0 heterocycles. The Balaban J connectivity index is 2.43. The minimum Gasteiger partial charge on any atom is -0.478 e. The molecule has 2 N–H and O–H groups in total. The highest BCUT2D eigenvalue weighted by Crippen LogP contribution is 2.13. The molecule has 1 rings (SSSR count). The summed E-state index contributed by atoms with van der Waals surface area (Å²) in [5.41, 5.74) is -0.456. The zero-order valence-electron chi connectivity index (χ0n) is 11.1. The monoisotopic (exact) mass is 267 g/mol. The highest BCUT2D eigenvalue weighted by Gasteiger charge is 2.15. The van der Waals surface area contributed by atoms with Crippen LogP contribution in [-0.4, -0.2) is 29.5 Å². The lowest BCUT2D eigenvalue weighted by atomic mass is 10.2. The molecule has 104 valence electrons. The van der Waals surface area contributed by atoms with Crippen molar-refractivity contribution in [2.75, 3.05) is 6.73 Å². The fourth-order valence-electron chi connectivity index (χ4n) is 1.21. The molecule has 0 bridgehead atoms. The van der Waals surface area contributed by atoms with Crippen LogP contribution < -0.4 is 10.1 Å². The quantitative estimate of drug-likeness (QED) is 0.817. The first kappa shape index (κ1) is 14.8. The van der Waals surface area contributed by atoms with Gasteiger partial charge in [-0.15, -0.1) is 0 Å². The molecule has 0 atom stereocenters. The van der Waals surface area contributed by atoms with Crippen LogP contribution in [0.1, 0.15) is 31.1 Å². The number of carbonyl (C=O) groups excluding carboxylic acids is 1. The van der Waals surface area contributed by atoms with E-state index in [9.17, 15) is 9.59 Å². The van der Waals surface area contributed by atoms with E-state index in [0.717, 1.165) is 0 Å². The summed E-state index contributed by atoms with van der Waals surface area (Å²) in [5.74, 6) is -0.679. The number of nitrogens with one attached hydrogen (secondary N) is 1. The van der Waals surface area contributed by atoms with E-state index >= 15 is 0 Å². The van der Waals surface area contributed by atoms with Crippen LogP contribution in [0, 0.1) is 0 Å². The van der Waals surface area contributed by atoms with E-state index in [2.05, 4.69) is 5.32 Å². The predicted molar refractivity (Wildman–Crippen MR) is 68.3 cm³/mol. The first-order valence-corrected chi connectivity index (χ1v) is 5.71. The average Bonchev–Trinajstić information content (AvgIpc) is 2.27. The lowest BCUT2D eigenvalue weighted by Gasteiger charge is -2.19. The second-order valence-corrected chi connectivity index (χ2v) is 4.80. The number of ether oxygens (including phenoxy) is 2. The Kier molecular flexibility index (Phi) is 4.74. The van der Waals surface area contributed by atoms with E-state index in [4.69, 9.17) is 14.6 Å². The molecule has 0 fully saturated rings. The molecule has 0 aliphatic rings. The summed E-state index contributed by atoms with van der Waals surface area (Å²) < 4.78 is 10.2. The van der Waals surface area contributed by atoms with Crippen molar-refractivity contribution in [3.05, 3.63) is 29.8 Å². The van der Waals surface area contributed by atoms with Crippen LogP contribution in [-0.2, 0) is 4.74 Å². The van der Waals surface area contributed by atoms with Crippen LogP contribution in [0.3, 0.4) is 0 Å². The van der Waals surface area contributed by atoms with Crippen LogP contribution in [0.25, 0.3) is 0 Å². The lowest BCUT2D eigenvalue weighted by Crippen LogP contribution is -2.34. The van der Waals surface area contributed by atoms with Crippen molar-refractivity contribution in [1.82, 2.24) is 5.32 Å². The number of hydrogen-bond donors (Lipinski definition) is 2. The molecule has 6 nitrogen and oxygen atoms in total. The number of hydrogen-bond acceptors (Lipinski definition) is 4. The SMILES string of the molecule is CC(C)(C)OC(=O)NCOc1cccc(C(=O)O)c1. The highest BCUT2D eigenvalue weighted by atomic mass is 16.6. The van der Waals surface area contributed by atoms with E-state index in [1.165, 1.54) is 12.1 Å². The first-order valence-electron chi connectivity index (χ1n) is 5.71. The molecule has 0 aliphatic heterocycles. The molecular formula is C13H17NO5. The summed E-state index contributed by atoms with van der Waals surface area (Å²) in [6.45, 7) is 5.16. The number of aromatic carboxylic acids is 1. The van der Waals surface area contributed by atoms with Crippen LogP contribution in [0.4, 0.5) is 4.79 Å². The Hall–Kier alpha value is -2.24. The third-order valence-electron chi connectivity index (χ3n) is 1.94. The zero-order valence-corrected chi connectivity index (χ0v) is 11.1. The van der Waals surface area contributed by atoms with Crippen molar-refractivity contribution in [2.24, 2.45) is 0 Å². The van der Waals surface area contributed by atoms with E-state index in [0.29, 0.717) is 5.75 Å². The number of amides is 1. The van der Waals surface area contributed by atoms with Gasteiger partial charge < -0.3 is 14.6 Å². The van der Waals surface area contributed by atoms with Crippen molar-refractivity contribution in [3.63, 3.8) is 0 Å². The average molecular weight is 267 g/mol. The molecule has 19 heavy (non-hydrogen) atoms. The van der Waals surface area contributed by atoms with Crippen molar-refractivity contribution < 1.29 is 24.2 Å².